The summed E-state index contributed by atoms with van der Waals surface area (Å²) in [5.41, 5.74) is 1.32. The third kappa shape index (κ3) is 3.68. The van der Waals surface area contributed by atoms with Crippen molar-refractivity contribution >= 4 is 28.7 Å². The Morgan fingerprint density at radius 1 is 1.19 bits per heavy atom. The molecule has 0 spiro atoms. The van der Waals surface area contributed by atoms with Crippen LogP contribution in [0.25, 0.3) is 11.0 Å². The van der Waals surface area contributed by atoms with E-state index in [1.54, 1.807) is 50.1 Å². The molecule has 1 aliphatic rings. The number of methoxy groups -OCH3 is 1. The lowest BCUT2D eigenvalue weighted by molar-refractivity contribution is -0.121. The number of piperazine rings is 1. The molecule has 0 bridgehead atoms. The molecule has 1 fully saturated rings. The largest absolute Gasteiger partial charge is 0.481 e. The van der Waals surface area contributed by atoms with Crippen molar-refractivity contribution in [3.63, 3.8) is 0 Å². The first-order chi connectivity index (χ1) is 12.3. The van der Waals surface area contributed by atoms with Gasteiger partial charge in [-0.25, -0.2) is 9.78 Å². The molecule has 0 aromatic carbocycles. The number of pyridine rings is 2. The lowest BCUT2D eigenvalue weighted by Gasteiger charge is -2.35. The van der Waals surface area contributed by atoms with Crippen LogP contribution in [0.2, 0.25) is 0 Å². The highest BCUT2D eigenvalue weighted by atomic mass is 16.6. The van der Waals surface area contributed by atoms with Gasteiger partial charge < -0.3 is 14.4 Å². The molecule has 0 N–H and O–H groups in total. The quantitative estimate of drug-likeness (QED) is 0.818. The molecule has 1 saturated heterocycles. The third-order valence-electron chi connectivity index (χ3n) is 3.91. The van der Waals surface area contributed by atoms with Gasteiger partial charge in [-0.2, -0.15) is 0 Å². The number of rotatable bonds is 2. The Kier molecular flexibility index (Phi) is 4.67. The van der Waals surface area contributed by atoms with Crippen LogP contribution >= 0.6 is 0 Å². The molecular weight excluding hydrogens is 336 g/mol. The van der Waals surface area contributed by atoms with Crippen LogP contribution < -0.4 is 9.64 Å². The Labute approximate surface area is 151 Å². The van der Waals surface area contributed by atoms with Gasteiger partial charge in [0.05, 0.1) is 18.3 Å². The Balaban J connectivity index is 1.83. The maximum Gasteiger partial charge on any atom is 0.410 e. The summed E-state index contributed by atoms with van der Waals surface area (Å²) in [4.78, 5) is 36.6. The van der Waals surface area contributed by atoms with Crippen LogP contribution in [0.15, 0.2) is 24.4 Å². The SMILES string of the molecule is COc1ccc2nccc(N3CCN(C(=O)OC(C)(C)C)CC3=O)c2n1. The summed E-state index contributed by atoms with van der Waals surface area (Å²) in [7, 11) is 1.54. The van der Waals surface area contributed by atoms with E-state index in [0.717, 1.165) is 0 Å². The highest BCUT2D eigenvalue weighted by Crippen LogP contribution is 2.27. The highest BCUT2D eigenvalue weighted by molar-refractivity contribution is 6.03. The van der Waals surface area contributed by atoms with Crippen LogP contribution in [0, 0.1) is 0 Å². The van der Waals surface area contributed by atoms with Crippen LogP contribution in [0.3, 0.4) is 0 Å². The van der Waals surface area contributed by atoms with Crippen molar-refractivity contribution in [3.05, 3.63) is 24.4 Å². The lowest BCUT2D eigenvalue weighted by atomic mass is 10.2. The number of amides is 2. The number of hydrogen-bond acceptors (Lipinski definition) is 6. The van der Waals surface area contributed by atoms with Gasteiger partial charge in [-0.3, -0.25) is 14.7 Å². The average molecular weight is 358 g/mol. The first kappa shape index (κ1) is 17.9. The van der Waals surface area contributed by atoms with Crippen molar-refractivity contribution in [1.29, 1.82) is 0 Å². The van der Waals surface area contributed by atoms with E-state index in [-0.39, 0.29) is 12.5 Å². The first-order valence-electron chi connectivity index (χ1n) is 8.36. The predicted molar refractivity (Wildman–Crippen MR) is 96.3 cm³/mol. The van der Waals surface area contributed by atoms with Gasteiger partial charge in [0.2, 0.25) is 11.8 Å². The number of anilines is 1. The highest BCUT2D eigenvalue weighted by Gasteiger charge is 2.31. The van der Waals surface area contributed by atoms with Gasteiger partial charge >= 0.3 is 6.09 Å². The first-order valence-corrected chi connectivity index (χ1v) is 8.36. The summed E-state index contributed by atoms with van der Waals surface area (Å²) in [6, 6.07) is 5.27. The van der Waals surface area contributed by atoms with Crippen molar-refractivity contribution in [2.45, 2.75) is 26.4 Å². The van der Waals surface area contributed by atoms with E-state index in [1.165, 1.54) is 12.0 Å². The number of fused-ring (bicyclic) bond motifs is 1. The van der Waals surface area contributed by atoms with Gasteiger partial charge in [0.1, 0.15) is 17.7 Å². The third-order valence-corrected chi connectivity index (χ3v) is 3.91. The zero-order valence-electron chi connectivity index (χ0n) is 15.4. The molecule has 1 aliphatic heterocycles. The zero-order valence-corrected chi connectivity index (χ0v) is 15.4. The van der Waals surface area contributed by atoms with E-state index in [0.29, 0.717) is 35.7 Å². The second-order valence-electron chi connectivity index (χ2n) is 7.00. The molecule has 0 unspecified atom stereocenters. The Bertz CT molecular complexity index is 847. The molecule has 26 heavy (non-hydrogen) atoms. The number of nitrogens with zero attached hydrogens (tertiary/aromatic N) is 4. The van der Waals surface area contributed by atoms with Gasteiger partial charge in [-0.05, 0) is 32.9 Å². The molecule has 2 aromatic heterocycles. The zero-order chi connectivity index (χ0) is 18.9. The van der Waals surface area contributed by atoms with Gasteiger partial charge in [-0.15, -0.1) is 0 Å². The molecule has 0 radical (unpaired) electrons. The maximum absolute atomic E-state index is 12.7. The monoisotopic (exact) mass is 358 g/mol. The van der Waals surface area contributed by atoms with E-state index in [9.17, 15) is 9.59 Å². The van der Waals surface area contributed by atoms with E-state index in [2.05, 4.69) is 9.97 Å². The van der Waals surface area contributed by atoms with E-state index in [1.807, 2.05) is 0 Å². The summed E-state index contributed by atoms with van der Waals surface area (Å²) in [5.74, 6) is 0.255. The van der Waals surface area contributed by atoms with Crippen LogP contribution in [0.4, 0.5) is 10.5 Å². The fraction of sp³-hybridized carbons (Fsp3) is 0.444. The number of hydrogen-bond donors (Lipinski definition) is 0. The summed E-state index contributed by atoms with van der Waals surface area (Å²) in [6.45, 7) is 6.09. The van der Waals surface area contributed by atoms with Gasteiger partial charge in [0, 0.05) is 25.4 Å². The second-order valence-corrected chi connectivity index (χ2v) is 7.00. The van der Waals surface area contributed by atoms with Crippen LogP contribution in [-0.2, 0) is 9.53 Å². The molecule has 2 amide bonds. The fourth-order valence-corrected chi connectivity index (χ4v) is 2.74. The van der Waals surface area contributed by atoms with Gasteiger partial charge in [0.15, 0.2) is 0 Å². The molecule has 3 rings (SSSR count). The van der Waals surface area contributed by atoms with Crippen LogP contribution in [0.5, 0.6) is 5.88 Å². The topological polar surface area (TPSA) is 84.9 Å². The molecule has 3 heterocycles. The second kappa shape index (κ2) is 6.78. The molecule has 8 nitrogen and oxygen atoms in total. The molecule has 0 atom stereocenters. The lowest BCUT2D eigenvalue weighted by Crippen LogP contribution is -2.53. The van der Waals surface area contributed by atoms with Crippen molar-refractivity contribution in [1.82, 2.24) is 14.9 Å². The summed E-state index contributed by atoms with van der Waals surface area (Å²) < 4.78 is 10.5. The minimum atomic E-state index is -0.598. The smallest absolute Gasteiger partial charge is 0.410 e. The predicted octanol–water partition coefficient (Wildman–Crippen LogP) is 2.22. The number of carbonyl (C=O) groups excluding carboxylic acids is 2. The molecule has 2 aromatic rings. The number of carbonyl (C=O) groups is 2. The minimum absolute atomic E-state index is 0.0390. The summed E-state index contributed by atoms with van der Waals surface area (Å²) >= 11 is 0. The molecule has 0 aliphatic carbocycles. The van der Waals surface area contributed by atoms with Gasteiger partial charge in [-0.1, -0.05) is 0 Å². The minimum Gasteiger partial charge on any atom is -0.481 e. The van der Waals surface area contributed by atoms with Crippen molar-refractivity contribution in [3.8, 4) is 5.88 Å². The maximum atomic E-state index is 12.7. The number of aromatic nitrogens is 2. The van der Waals surface area contributed by atoms with Crippen LogP contribution in [-0.4, -0.2) is 59.2 Å². The van der Waals surface area contributed by atoms with Crippen LogP contribution in [0.1, 0.15) is 20.8 Å². The van der Waals surface area contributed by atoms with E-state index in [4.69, 9.17) is 9.47 Å². The molecule has 138 valence electrons. The molecule has 8 heteroatoms. The normalized spacial score (nSPS) is 15.3. The standard InChI is InChI=1S/C18H22N4O4/c1-18(2,3)26-17(24)21-9-10-22(15(23)11-21)13-7-8-19-12-5-6-14(25-4)20-16(12)13/h5-8H,9-11H2,1-4H3. The van der Waals surface area contributed by atoms with E-state index >= 15 is 0 Å². The Morgan fingerprint density at radius 3 is 2.62 bits per heavy atom. The summed E-state index contributed by atoms with van der Waals surface area (Å²) in [5, 5.41) is 0. The van der Waals surface area contributed by atoms with E-state index < -0.39 is 11.7 Å². The average Bonchev–Trinajstić information content (AvgIpc) is 2.59. The number of ether oxygens (including phenoxy) is 2. The van der Waals surface area contributed by atoms with Crippen molar-refractivity contribution in [2.75, 3.05) is 31.6 Å². The molecular formula is C18H22N4O4. The van der Waals surface area contributed by atoms with Crippen molar-refractivity contribution in [2.24, 2.45) is 0 Å². The Hall–Kier alpha value is -2.90. The molecule has 0 saturated carbocycles. The summed E-state index contributed by atoms with van der Waals surface area (Å²) in [6.07, 6.45) is 1.16. The van der Waals surface area contributed by atoms with Gasteiger partial charge in [0.25, 0.3) is 0 Å². The fourth-order valence-electron chi connectivity index (χ4n) is 2.74. The van der Waals surface area contributed by atoms with Crippen molar-refractivity contribution < 1.29 is 19.1 Å². The Morgan fingerprint density at radius 2 is 1.96 bits per heavy atom.